The highest BCUT2D eigenvalue weighted by molar-refractivity contribution is 6.22. The maximum atomic E-state index is 14.1. The number of imide groups is 1. The second-order valence-corrected chi connectivity index (χ2v) is 9.58. The van der Waals surface area contributed by atoms with Crippen molar-refractivity contribution in [1.29, 1.82) is 5.26 Å². The van der Waals surface area contributed by atoms with Crippen LogP contribution in [0, 0.1) is 11.3 Å². The Balaban J connectivity index is 1.36. The summed E-state index contributed by atoms with van der Waals surface area (Å²) in [4.78, 5) is 48.8. The van der Waals surface area contributed by atoms with Crippen molar-refractivity contribution in [3.63, 3.8) is 0 Å². The molecule has 3 amide bonds. The highest BCUT2D eigenvalue weighted by atomic mass is 16.5. The van der Waals surface area contributed by atoms with E-state index in [0.717, 1.165) is 5.56 Å². The second kappa shape index (κ2) is 8.37. The molecule has 0 N–H and O–H groups in total. The minimum Gasteiger partial charge on any atom is -0.493 e. The van der Waals surface area contributed by atoms with Crippen molar-refractivity contribution in [1.82, 2.24) is 9.88 Å². The summed E-state index contributed by atoms with van der Waals surface area (Å²) in [5, 5.41) is 10.6. The fourth-order valence-corrected chi connectivity index (χ4v) is 6.08. The van der Waals surface area contributed by atoms with E-state index in [4.69, 9.17) is 9.47 Å². The lowest BCUT2D eigenvalue weighted by Gasteiger charge is -2.32. The van der Waals surface area contributed by atoms with Gasteiger partial charge in [-0.1, -0.05) is 30.3 Å². The number of ether oxygens (including phenoxy) is 2. The van der Waals surface area contributed by atoms with Gasteiger partial charge in [-0.3, -0.25) is 9.59 Å². The van der Waals surface area contributed by atoms with Crippen LogP contribution in [-0.2, 0) is 16.0 Å². The highest BCUT2D eigenvalue weighted by Gasteiger charge is 2.73. The molecule has 3 unspecified atom stereocenters. The molecule has 3 aliphatic rings. The fraction of sp³-hybridized carbons (Fsp3) is 0.296. The Kier molecular flexibility index (Phi) is 5.22. The molecule has 3 aromatic rings. The lowest BCUT2D eigenvalue weighted by molar-refractivity contribution is -0.852. The Morgan fingerprint density at radius 2 is 1.86 bits per heavy atom. The van der Waals surface area contributed by atoms with Gasteiger partial charge in [-0.25, -0.2) is 19.2 Å². The van der Waals surface area contributed by atoms with Crippen LogP contribution in [0.1, 0.15) is 11.3 Å². The summed E-state index contributed by atoms with van der Waals surface area (Å²) in [6.07, 6.45) is 1.51. The number of amides is 3. The SMILES string of the molecule is COc1ccc(CC(=O)C2C[N@@]3CC4C(=O)N(c5cnc(C#N)c6ccccc56)C(=O)[N+]24C3)cc1OC. The second-order valence-electron chi connectivity index (χ2n) is 9.58. The zero-order valence-electron chi connectivity index (χ0n) is 20.4. The Morgan fingerprint density at radius 1 is 1.11 bits per heavy atom. The number of methoxy groups -OCH3 is 2. The van der Waals surface area contributed by atoms with Crippen LogP contribution in [0.5, 0.6) is 11.5 Å². The van der Waals surface area contributed by atoms with E-state index in [0.29, 0.717) is 47.7 Å². The van der Waals surface area contributed by atoms with E-state index in [-0.39, 0.29) is 28.3 Å². The summed E-state index contributed by atoms with van der Waals surface area (Å²) in [6, 6.07) is 12.7. The van der Waals surface area contributed by atoms with Crippen LogP contribution >= 0.6 is 0 Å². The summed E-state index contributed by atoms with van der Waals surface area (Å²) in [6.45, 7) is 1.15. The van der Waals surface area contributed by atoms with Crippen LogP contribution in [0.3, 0.4) is 0 Å². The van der Waals surface area contributed by atoms with E-state index in [1.54, 1.807) is 49.6 Å². The number of quaternary nitrogens is 1. The van der Waals surface area contributed by atoms with Crippen molar-refractivity contribution >= 4 is 34.2 Å². The van der Waals surface area contributed by atoms with Gasteiger partial charge in [-0.05, 0) is 17.7 Å². The summed E-state index contributed by atoms with van der Waals surface area (Å²) in [5.41, 5.74) is 1.31. The van der Waals surface area contributed by atoms with Crippen molar-refractivity contribution < 1.29 is 28.3 Å². The highest BCUT2D eigenvalue weighted by Crippen LogP contribution is 2.45. The first-order chi connectivity index (χ1) is 17.9. The number of pyridine rings is 1. The van der Waals surface area contributed by atoms with Crippen molar-refractivity contribution in [2.24, 2.45) is 0 Å². The van der Waals surface area contributed by atoms with Crippen LogP contribution in [0.15, 0.2) is 48.7 Å². The van der Waals surface area contributed by atoms with Gasteiger partial charge in [0.15, 0.2) is 29.4 Å². The number of rotatable bonds is 6. The van der Waals surface area contributed by atoms with Gasteiger partial charge in [0.1, 0.15) is 18.4 Å². The molecule has 10 nitrogen and oxygen atoms in total. The molecule has 3 aliphatic heterocycles. The summed E-state index contributed by atoms with van der Waals surface area (Å²) < 4.78 is 10.4. The number of anilines is 1. The predicted molar refractivity (Wildman–Crippen MR) is 132 cm³/mol. The zero-order chi connectivity index (χ0) is 25.9. The van der Waals surface area contributed by atoms with Gasteiger partial charge in [-0.15, -0.1) is 0 Å². The number of aromatic nitrogens is 1. The van der Waals surface area contributed by atoms with Gasteiger partial charge in [-0.2, -0.15) is 10.2 Å². The molecule has 1 aromatic heterocycles. The van der Waals surface area contributed by atoms with E-state index in [2.05, 4.69) is 11.1 Å². The van der Waals surface area contributed by atoms with Crippen LogP contribution < -0.4 is 14.4 Å². The van der Waals surface area contributed by atoms with Crippen molar-refractivity contribution in [2.45, 2.75) is 18.5 Å². The van der Waals surface area contributed by atoms with Crippen LogP contribution in [0.4, 0.5) is 10.5 Å². The van der Waals surface area contributed by atoms with Crippen molar-refractivity contribution in [2.75, 3.05) is 38.9 Å². The number of hydrogen-bond acceptors (Lipinski definition) is 8. The average Bonchev–Trinajstić information content (AvgIpc) is 3.56. The Labute approximate surface area is 212 Å². The molecule has 6 rings (SSSR count). The van der Waals surface area contributed by atoms with Gasteiger partial charge < -0.3 is 9.47 Å². The summed E-state index contributed by atoms with van der Waals surface area (Å²) >= 11 is 0. The zero-order valence-corrected chi connectivity index (χ0v) is 20.4. The topological polar surface area (TPSA) is 113 Å². The number of fused-ring (bicyclic) bond motifs is 2. The smallest absolute Gasteiger partial charge is 0.433 e. The summed E-state index contributed by atoms with van der Waals surface area (Å²) in [5.74, 6) is 0.640. The molecule has 186 valence electrons. The van der Waals surface area contributed by atoms with E-state index in [9.17, 15) is 19.6 Å². The largest absolute Gasteiger partial charge is 0.493 e. The van der Waals surface area contributed by atoms with Crippen LogP contribution in [0.2, 0.25) is 0 Å². The molecular weight excluding hydrogens is 474 g/mol. The van der Waals surface area contributed by atoms with Gasteiger partial charge in [0.25, 0.3) is 5.91 Å². The first-order valence-electron chi connectivity index (χ1n) is 11.9. The number of carbonyl (C=O) groups is 3. The van der Waals surface area contributed by atoms with E-state index in [1.807, 2.05) is 4.90 Å². The molecule has 2 aromatic carbocycles. The number of Topliss-reactive ketones (excluding diaryl/α,β-unsaturated/α-hetero) is 1. The molecule has 3 saturated heterocycles. The molecule has 37 heavy (non-hydrogen) atoms. The number of ketones is 1. The minimum atomic E-state index is -0.661. The number of nitriles is 1. The molecule has 4 atom stereocenters. The third kappa shape index (κ3) is 3.18. The quantitative estimate of drug-likeness (QED) is 0.376. The van der Waals surface area contributed by atoms with Crippen molar-refractivity contribution in [3.05, 3.63) is 59.9 Å². The monoisotopic (exact) mass is 498 g/mol. The first kappa shape index (κ1) is 23.1. The lowest BCUT2D eigenvalue weighted by Crippen LogP contribution is -2.62. The Morgan fingerprint density at radius 3 is 2.59 bits per heavy atom. The molecule has 4 heterocycles. The number of piperazine rings is 1. The first-order valence-corrected chi connectivity index (χ1v) is 11.9. The summed E-state index contributed by atoms with van der Waals surface area (Å²) in [7, 11) is 3.08. The normalized spacial score (nSPS) is 25.9. The van der Waals surface area contributed by atoms with E-state index in [1.165, 1.54) is 18.2 Å². The van der Waals surface area contributed by atoms with Gasteiger partial charge in [0.05, 0.1) is 39.2 Å². The minimum absolute atomic E-state index is 0.106. The molecule has 0 aliphatic carbocycles. The molecule has 10 heteroatoms. The molecule has 2 bridgehead atoms. The molecule has 0 radical (unpaired) electrons. The average molecular weight is 499 g/mol. The third-order valence-corrected chi connectivity index (χ3v) is 7.78. The fourth-order valence-electron chi connectivity index (χ4n) is 6.08. The third-order valence-electron chi connectivity index (χ3n) is 7.78. The number of urea groups is 1. The maximum Gasteiger partial charge on any atom is 0.433 e. The molecule has 1 spiro atoms. The molecule has 3 fully saturated rings. The van der Waals surface area contributed by atoms with Gasteiger partial charge in [0, 0.05) is 17.2 Å². The van der Waals surface area contributed by atoms with Crippen LogP contribution in [0.25, 0.3) is 10.8 Å². The number of carbonyl (C=O) groups excluding carboxylic acids is 3. The number of benzene rings is 2. The standard InChI is InChI=1S/C27H24N5O5/c1-36-24-8-7-16(10-25(24)37-2)9-23(33)21-13-30-14-22-26(34)31(27(35)32(21,22)15-30)20-12-29-19(11-28)17-5-3-4-6-18(17)20/h3-8,10,12,21-22H,9,13-15H2,1-2H3/q+1. The maximum absolute atomic E-state index is 14.1. The number of nitrogens with zero attached hydrogens (tertiary/aromatic N) is 5. The number of hydrogen-bond donors (Lipinski definition) is 0. The van der Waals surface area contributed by atoms with E-state index < -0.39 is 18.1 Å². The van der Waals surface area contributed by atoms with E-state index >= 15 is 0 Å². The van der Waals surface area contributed by atoms with Gasteiger partial charge >= 0.3 is 6.03 Å². The Bertz CT molecular complexity index is 1530. The molecule has 0 saturated carbocycles. The molecular formula is C27H24N5O5+. The lowest BCUT2D eigenvalue weighted by atomic mass is 9.98. The van der Waals surface area contributed by atoms with Crippen LogP contribution in [-0.4, -0.2) is 78.1 Å². The Hall–Kier alpha value is -4.33. The van der Waals surface area contributed by atoms with Crippen molar-refractivity contribution in [3.8, 4) is 17.6 Å². The van der Waals surface area contributed by atoms with Gasteiger partial charge in [0.2, 0.25) is 0 Å². The predicted octanol–water partition coefficient (Wildman–Crippen LogP) is 2.24.